The molecule has 15 heavy (non-hydrogen) atoms. The van der Waals surface area contributed by atoms with Gasteiger partial charge in [-0.15, -0.1) is 0 Å². The maximum Gasteiger partial charge on any atom is 0.321 e. The topological polar surface area (TPSA) is 32.3 Å². The smallest absolute Gasteiger partial charge is 0.321 e. The summed E-state index contributed by atoms with van der Waals surface area (Å²) in [6.45, 7) is 5.83. The minimum atomic E-state index is 0.0215. The number of urea groups is 1. The Kier molecular flexibility index (Phi) is 2.62. The quantitative estimate of drug-likeness (QED) is 0.749. The van der Waals surface area contributed by atoms with E-state index in [0.29, 0.717) is 0 Å². The van der Waals surface area contributed by atoms with Crippen molar-refractivity contribution >= 4 is 11.7 Å². The van der Waals surface area contributed by atoms with Gasteiger partial charge in [0.05, 0.1) is 0 Å². The third-order valence-electron chi connectivity index (χ3n) is 2.77. The normalized spacial score (nSPS) is 14.7. The predicted octanol–water partition coefficient (Wildman–Crippen LogP) is 2.54. The van der Waals surface area contributed by atoms with Gasteiger partial charge in [-0.3, -0.25) is 0 Å². The van der Waals surface area contributed by atoms with Crippen LogP contribution in [0.4, 0.5) is 10.5 Å². The number of nitrogens with zero attached hydrogens (tertiary/aromatic N) is 1. The third kappa shape index (κ3) is 2.12. The summed E-state index contributed by atoms with van der Waals surface area (Å²) in [5.74, 6) is 0. The summed E-state index contributed by atoms with van der Waals surface area (Å²) in [7, 11) is 0. The highest BCUT2D eigenvalue weighted by molar-refractivity contribution is 5.90. The van der Waals surface area contributed by atoms with Crippen LogP contribution in [0.25, 0.3) is 0 Å². The maximum absolute atomic E-state index is 11.6. The summed E-state index contributed by atoms with van der Waals surface area (Å²) in [5, 5.41) is 2.93. The number of anilines is 1. The van der Waals surface area contributed by atoms with Crippen LogP contribution in [0.2, 0.25) is 0 Å². The van der Waals surface area contributed by atoms with Crippen LogP contribution in [0, 0.1) is 13.8 Å². The van der Waals surface area contributed by atoms with E-state index < -0.39 is 0 Å². The molecule has 80 valence electrons. The summed E-state index contributed by atoms with van der Waals surface area (Å²) in [6, 6.07) is 6.07. The lowest BCUT2D eigenvalue weighted by Crippen LogP contribution is -2.44. The predicted molar refractivity (Wildman–Crippen MR) is 61.1 cm³/mol. The fourth-order valence-electron chi connectivity index (χ4n) is 1.67. The van der Waals surface area contributed by atoms with Gasteiger partial charge in [0, 0.05) is 18.8 Å². The lowest BCUT2D eigenvalue weighted by molar-refractivity contribution is 0.181. The van der Waals surface area contributed by atoms with Crippen molar-refractivity contribution in [3.05, 3.63) is 29.3 Å². The molecular weight excluding hydrogens is 188 g/mol. The molecule has 1 aliphatic rings. The Bertz CT molecular complexity index is 383. The lowest BCUT2D eigenvalue weighted by atomic mass is 10.1. The van der Waals surface area contributed by atoms with E-state index in [1.54, 1.807) is 0 Å². The summed E-state index contributed by atoms with van der Waals surface area (Å²) in [6.07, 6.45) is 1.13. The number of hydrogen-bond acceptors (Lipinski definition) is 1. The summed E-state index contributed by atoms with van der Waals surface area (Å²) >= 11 is 0. The van der Waals surface area contributed by atoms with E-state index in [0.717, 1.165) is 30.8 Å². The van der Waals surface area contributed by atoms with E-state index >= 15 is 0 Å². The van der Waals surface area contributed by atoms with Crippen LogP contribution >= 0.6 is 0 Å². The molecule has 0 atom stereocenters. The molecule has 1 saturated heterocycles. The van der Waals surface area contributed by atoms with E-state index in [1.165, 1.54) is 5.56 Å². The highest BCUT2D eigenvalue weighted by Gasteiger charge is 2.20. The molecule has 1 aliphatic heterocycles. The number of hydrogen-bond donors (Lipinski definition) is 1. The van der Waals surface area contributed by atoms with Crippen molar-refractivity contribution in [3.63, 3.8) is 0 Å². The first kappa shape index (κ1) is 10.0. The second kappa shape index (κ2) is 3.93. The van der Waals surface area contributed by atoms with E-state index in [2.05, 4.69) is 11.4 Å². The molecule has 1 N–H and O–H groups in total. The highest BCUT2D eigenvalue weighted by atomic mass is 16.2. The van der Waals surface area contributed by atoms with Crippen LogP contribution < -0.4 is 5.32 Å². The first-order chi connectivity index (χ1) is 7.16. The molecule has 0 spiro atoms. The van der Waals surface area contributed by atoms with Crippen LogP contribution in [-0.2, 0) is 0 Å². The zero-order chi connectivity index (χ0) is 10.8. The molecule has 3 heteroatoms. The van der Waals surface area contributed by atoms with Crippen molar-refractivity contribution in [2.45, 2.75) is 20.3 Å². The Labute approximate surface area is 90.1 Å². The van der Waals surface area contributed by atoms with Crippen molar-refractivity contribution in [1.82, 2.24) is 4.90 Å². The maximum atomic E-state index is 11.6. The zero-order valence-corrected chi connectivity index (χ0v) is 9.21. The molecule has 1 aromatic rings. The minimum absolute atomic E-state index is 0.0215. The van der Waals surface area contributed by atoms with Gasteiger partial charge in [-0.25, -0.2) is 4.79 Å². The molecule has 0 saturated carbocycles. The van der Waals surface area contributed by atoms with Crippen molar-refractivity contribution in [2.75, 3.05) is 18.4 Å². The largest absolute Gasteiger partial charge is 0.324 e. The monoisotopic (exact) mass is 204 g/mol. The third-order valence-corrected chi connectivity index (χ3v) is 2.77. The fraction of sp³-hybridized carbons (Fsp3) is 0.417. The van der Waals surface area contributed by atoms with Gasteiger partial charge in [-0.1, -0.05) is 17.7 Å². The van der Waals surface area contributed by atoms with Crippen LogP contribution in [0.3, 0.4) is 0 Å². The van der Waals surface area contributed by atoms with Gasteiger partial charge < -0.3 is 10.2 Å². The minimum Gasteiger partial charge on any atom is -0.324 e. The van der Waals surface area contributed by atoms with Crippen LogP contribution in [0.5, 0.6) is 0 Å². The molecule has 2 rings (SSSR count). The van der Waals surface area contributed by atoms with Gasteiger partial charge in [-0.2, -0.15) is 0 Å². The van der Waals surface area contributed by atoms with Gasteiger partial charge in [0.25, 0.3) is 0 Å². The molecule has 0 radical (unpaired) electrons. The molecule has 1 fully saturated rings. The zero-order valence-electron chi connectivity index (χ0n) is 9.21. The standard InChI is InChI=1S/C12H16N2O/c1-9-4-5-11(10(2)8-9)13-12(15)14-6-3-7-14/h4-5,8H,3,6-7H2,1-2H3,(H,13,15). The van der Waals surface area contributed by atoms with E-state index in [-0.39, 0.29) is 6.03 Å². The Morgan fingerprint density at radius 1 is 1.33 bits per heavy atom. The van der Waals surface area contributed by atoms with Crippen molar-refractivity contribution in [1.29, 1.82) is 0 Å². The summed E-state index contributed by atoms with van der Waals surface area (Å²) in [4.78, 5) is 13.5. The number of amides is 2. The van der Waals surface area contributed by atoms with Gasteiger partial charge in [0.15, 0.2) is 0 Å². The molecule has 3 nitrogen and oxygen atoms in total. The second-order valence-electron chi connectivity index (χ2n) is 4.09. The molecular formula is C12H16N2O. The fourth-order valence-corrected chi connectivity index (χ4v) is 1.67. The van der Waals surface area contributed by atoms with E-state index in [1.807, 2.05) is 30.9 Å². The molecule has 0 aromatic heterocycles. The second-order valence-corrected chi connectivity index (χ2v) is 4.09. The average molecular weight is 204 g/mol. The first-order valence-electron chi connectivity index (χ1n) is 5.30. The Morgan fingerprint density at radius 2 is 2.07 bits per heavy atom. The first-order valence-corrected chi connectivity index (χ1v) is 5.30. The number of benzene rings is 1. The number of carbonyl (C=O) groups is 1. The SMILES string of the molecule is Cc1ccc(NC(=O)N2CCC2)c(C)c1. The molecule has 0 unspecified atom stereocenters. The lowest BCUT2D eigenvalue weighted by Gasteiger charge is -2.31. The molecule has 0 aliphatic carbocycles. The summed E-state index contributed by atoms with van der Waals surface area (Å²) in [5.41, 5.74) is 3.25. The van der Waals surface area contributed by atoms with Crippen molar-refractivity contribution in [3.8, 4) is 0 Å². The number of aryl methyl sites for hydroxylation is 2. The number of likely N-dealkylation sites (tertiary alicyclic amines) is 1. The number of carbonyl (C=O) groups excluding carboxylic acids is 1. The number of rotatable bonds is 1. The summed E-state index contributed by atoms with van der Waals surface area (Å²) < 4.78 is 0. The number of nitrogens with one attached hydrogen (secondary N) is 1. The van der Waals surface area contributed by atoms with Gasteiger partial charge in [0.2, 0.25) is 0 Å². The van der Waals surface area contributed by atoms with Crippen molar-refractivity contribution in [2.24, 2.45) is 0 Å². The van der Waals surface area contributed by atoms with Crippen LogP contribution in [-0.4, -0.2) is 24.0 Å². The van der Waals surface area contributed by atoms with Gasteiger partial charge >= 0.3 is 6.03 Å². The Balaban J connectivity index is 2.06. The van der Waals surface area contributed by atoms with Gasteiger partial charge in [0.1, 0.15) is 0 Å². The van der Waals surface area contributed by atoms with Gasteiger partial charge in [-0.05, 0) is 31.9 Å². The van der Waals surface area contributed by atoms with Crippen LogP contribution in [0.15, 0.2) is 18.2 Å². The molecule has 1 heterocycles. The molecule has 2 amide bonds. The Morgan fingerprint density at radius 3 is 2.60 bits per heavy atom. The molecule has 1 aromatic carbocycles. The van der Waals surface area contributed by atoms with E-state index in [9.17, 15) is 4.79 Å². The highest BCUT2D eigenvalue weighted by Crippen LogP contribution is 2.17. The molecule has 0 bridgehead atoms. The van der Waals surface area contributed by atoms with Crippen molar-refractivity contribution < 1.29 is 4.79 Å². The average Bonchev–Trinajstić information content (AvgIpc) is 2.07. The Hall–Kier alpha value is -1.51. The van der Waals surface area contributed by atoms with E-state index in [4.69, 9.17) is 0 Å². The van der Waals surface area contributed by atoms with Crippen LogP contribution in [0.1, 0.15) is 17.5 Å².